The van der Waals surface area contributed by atoms with E-state index >= 15 is 0 Å². The van der Waals surface area contributed by atoms with Crippen LogP contribution in [0.3, 0.4) is 0 Å². The summed E-state index contributed by atoms with van der Waals surface area (Å²) in [6.45, 7) is 5.01. The summed E-state index contributed by atoms with van der Waals surface area (Å²) in [6, 6.07) is 12.6. The fraction of sp³-hybridized carbons (Fsp3) is 0.429. The number of hydrogen-bond acceptors (Lipinski definition) is 4. The zero-order valence-corrected chi connectivity index (χ0v) is 15.3. The monoisotopic (exact) mass is 336 g/mol. The van der Waals surface area contributed by atoms with Gasteiger partial charge in [-0.05, 0) is 51.5 Å². The average Bonchev–Trinajstić information content (AvgIpc) is 2.63. The van der Waals surface area contributed by atoms with Gasteiger partial charge < -0.3 is 10.6 Å². The number of nitrogens with zero attached hydrogens (tertiary/aromatic N) is 2. The van der Waals surface area contributed by atoms with Gasteiger partial charge in [0, 0.05) is 18.7 Å². The summed E-state index contributed by atoms with van der Waals surface area (Å²) >= 11 is 0. The molecule has 1 unspecified atom stereocenters. The lowest BCUT2D eigenvalue weighted by atomic mass is 9.97. The quantitative estimate of drug-likeness (QED) is 0.677. The van der Waals surface area contributed by atoms with Gasteiger partial charge in [-0.2, -0.15) is 0 Å². The van der Waals surface area contributed by atoms with E-state index in [-0.39, 0.29) is 6.04 Å². The highest BCUT2D eigenvalue weighted by Crippen LogP contribution is 2.21. The first-order valence-corrected chi connectivity index (χ1v) is 9.29. The number of aromatic nitrogens is 2. The van der Waals surface area contributed by atoms with Gasteiger partial charge in [0.15, 0.2) is 0 Å². The molecule has 2 N–H and O–H groups in total. The van der Waals surface area contributed by atoms with Crippen LogP contribution in [0.2, 0.25) is 0 Å². The normalized spacial score (nSPS) is 15.4. The Bertz CT molecular complexity index is 709. The molecule has 1 aliphatic rings. The number of rotatable bonds is 7. The largest absolute Gasteiger partial charge is 0.370 e. The van der Waals surface area contributed by atoms with Crippen molar-refractivity contribution in [3.63, 3.8) is 0 Å². The number of benzene rings is 1. The van der Waals surface area contributed by atoms with Gasteiger partial charge in [-0.25, -0.2) is 9.97 Å². The van der Waals surface area contributed by atoms with E-state index in [4.69, 9.17) is 0 Å². The highest BCUT2D eigenvalue weighted by atomic mass is 15.1. The molecular weight excluding hydrogens is 308 g/mol. The molecule has 1 atom stereocenters. The molecule has 0 bridgehead atoms. The van der Waals surface area contributed by atoms with Crippen molar-refractivity contribution in [1.29, 1.82) is 0 Å². The first kappa shape index (κ1) is 17.5. The van der Waals surface area contributed by atoms with Gasteiger partial charge in [-0.1, -0.05) is 42.0 Å². The van der Waals surface area contributed by atoms with Crippen molar-refractivity contribution in [2.24, 2.45) is 0 Å². The van der Waals surface area contributed by atoms with Crippen molar-refractivity contribution in [1.82, 2.24) is 9.97 Å². The summed E-state index contributed by atoms with van der Waals surface area (Å²) < 4.78 is 0. The maximum absolute atomic E-state index is 4.52. The molecule has 25 heavy (non-hydrogen) atoms. The average molecular weight is 336 g/mol. The van der Waals surface area contributed by atoms with Crippen molar-refractivity contribution in [3.8, 4) is 0 Å². The Kier molecular flexibility index (Phi) is 6.04. The Morgan fingerprint density at radius 3 is 2.64 bits per heavy atom. The van der Waals surface area contributed by atoms with Gasteiger partial charge in [0.2, 0.25) is 0 Å². The second-order valence-electron chi connectivity index (χ2n) is 6.75. The Hall–Kier alpha value is -2.36. The molecule has 0 saturated heterocycles. The Morgan fingerprint density at radius 1 is 1.08 bits per heavy atom. The van der Waals surface area contributed by atoms with E-state index in [1.807, 2.05) is 19.1 Å². The minimum absolute atomic E-state index is 0.204. The van der Waals surface area contributed by atoms with Crippen LogP contribution in [0.5, 0.6) is 0 Å². The molecule has 0 fully saturated rings. The molecule has 132 valence electrons. The van der Waals surface area contributed by atoms with Gasteiger partial charge in [0.1, 0.15) is 17.5 Å². The van der Waals surface area contributed by atoms with Crippen LogP contribution < -0.4 is 10.6 Å². The van der Waals surface area contributed by atoms with Crippen LogP contribution in [0.4, 0.5) is 11.6 Å². The number of aryl methyl sites for hydroxylation is 1. The molecule has 4 heteroatoms. The molecule has 1 heterocycles. The standard InChI is InChI=1S/C21H28N4/c1-16(19-11-7-4-8-12-19)23-21-15-20(24-17(2)25-21)22-14-13-18-9-5-3-6-10-18/h4,7-9,11-12,15-16H,3,5-6,10,13-14H2,1-2H3,(H2,22,23,24,25). The fourth-order valence-corrected chi connectivity index (χ4v) is 3.26. The highest BCUT2D eigenvalue weighted by molar-refractivity contribution is 5.48. The van der Waals surface area contributed by atoms with Gasteiger partial charge >= 0.3 is 0 Å². The number of hydrogen-bond donors (Lipinski definition) is 2. The number of nitrogens with one attached hydrogen (secondary N) is 2. The van der Waals surface area contributed by atoms with E-state index < -0.39 is 0 Å². The van der Waals surface area contributed by atoms with Crippen molar-refractivity contribution in [2.45, 2.75) is 52.0 Å². The van der Waals surface area contributed by atoms with E-state index in [0.29, 0.717) is 0 Å². The lowest BCUT2D eigenvalue weighted by molar-refractivity contribution is 0.679. The van der Waals surface area contributed by atoms with Crippen LogP contribution in [-0.4, -0.2) is 16.5 Å². The van der Waals surface area contributed by atoms with E-state index in [1.165, 1.54) is 31.2 Å². The first-order chi connectivity index (χ1) is 12.2. The summed E-state index contributed by atoms with van der Waals surface area (Å²) in [5.74, 6) is 2.54. The van der Waals surface area contributed by atoms with Gasteiger partial charge in [-0.15, -0.1) is 0 Å². The van der Waals surface area contributed by atoms with Crippen molar-refractivity contribution in [3.05, 3.63) is 59.4 Å². The molecule has 0 aliphatic heterocycles. The summed E-state index contributed by atoms with van der Waals surface area (Å²) in [4.78, 5) is 9.04. The van der Waals surface area contributed by atoms with E-state index in [2.05, 4.69) is 57.9 Å². The minimum Gasteiger partial charge on any atom is -0.370 e. The van der Waals surface area contributed by atoms with E-state index in [1.54, 1.807) is 5.57 Å². The molecule has 0 spiro atoms. The summed E-state index contributed by atoms with van der Waals surface area (Å²) in [7, 11) is 0. The molecular formula is C21H28N4. The van der Waals surface area contributed by atoms with Crippen molar-refractivity contribution >= 4 is 11.6 Å². The Morgan fingerprint density at radius 2 is 1.88 bits per heavy atom. The smallest absolute Gasteiger partial charge is 0.132 e. The third-order valence-electron chi connectivity index (χ3n) is 4.64. The molecule has 1 aromatic carbocycles. The lowest BCUT2D eigenvalue weighted by Gasteiger charge is -2.17. The molecule has 0 amide bonds. The summed E-state index contributed by atoms with van der Waals surface area (Å²) in [5, 5.41) is 6.93. The summed E-state index contributed by atoms with van der Waals surface area (Å²) in [5.41, 5.74) is 2.83. The Labute approximate surface area is 150 Å². The molecule has 3 rings (SSSR count). The van der Waals surface area contributed by atoms with E-state index in [9.17, 15) is 0 Å². The predicted molar refractivity (Wildman–Crippen MR) is 105 cm³/mol. The first-order valence-electron chi connectivity index (χ1n) is 9.29. The second kappa shape index (κ2) is 8.65. The van der Waals surface area contributed by atoms with Crippen LogP contribution in [-0.2, 0) is 0 Å². The number of anilines is 2. The molecule has 0 radical (unpaired) electrons. The van der Waals surface area contributed by atoms with Gasteiger partial charge in [0.25, 0.3) is 0 Å². The van der Waals surface area contributed by atoms with Crippen molar-refractivity contribution < 1.29 is 0 Å². The zero-order valence-electron chi connectivity index (χ0n) is 15.3. The van der Waals surface area contributed by atoms with Gasteiger partial charge in [-0.3, -0.25) is 0 Å². The van der Waals surface area contributed by atoms with Gasteiger partial charge in [0.05, 0.1) is 0 Å². The third kappa shape index (κ3) is 5.31. The fourth-order valence-electron chi connectivity index (χ4n) is 3.26. The van der Waals surface area contributed by atoms with Crippen LogP contribution in [0.1, 0.15) is 56.5 Å². The number of allylic oxidation sites excluding steroid dienone is 1. The van der Waals surface area contributed by atoms with Crippen LogP contribution >= 0.6 is 0 Å². The molecule has 2 aromatic rings. The summed E-state index contributed by atoms with van der Waals surface area (Å²) in [6.07, 6.45) is 8.69. The van der Waals surface area contributed by atoms with Crippen LogP contribution in [0.25, 0.3) is 0 Å². The maximum atomic E-state index is 4.52. The third-order valence-corrected chi connectivity index (χ3v) is 4.64. The molecule has 1 aliphatic carbocycles. The van der Waals surface area contributed by atoms with Crippen LogP contribution in [0, 0.1) is 6.92 Å². The molecule has 0 saturated carbocycles. The Balaban J connectivity index is 1.59. The van der Waals surface area contributed by atoms with Crippen LogP contribution in [0.15, 0.2) is 48.0 Å². The SMILES string of the molecule is Cc1nc(NCCC2=CCCCC2)cc(NC(C)c2ccccc2)n1. The second-order valence-corrected chi connectivity index (χ2v) is 6.75. The molecule has 1 aromatic heterocycles. The highest BCUT2D eigenvalue weighted by Gasteiger charge is 2.08. The maximum Gasteiger partial charge on any atom is 0.132 e. The predicted octanol–water partition coefficient (Wildman–Crippen LogP) is 5.26. The molecule has 4 nitrogen and oxygen atoms in total. The topological polar surface area (TPSA) is 49.8 Å². The van der Waals surface area contributed by atoms with E-state index in [0.717, 1.165) is 30.4 Å². The minimum atomic E-state index is 0.204. The van der Waals surface area contributed by atoms with Crippen molar-refractivity contribution in [2.75, 3.05) is 17.2 Å². The lowest BCUT2D eigenvalue weighted by Crippen LogP contribution is -2.11. The zero-order chi connectivity index (χ0) is 17.5.